The molecule has 104 valence electrons. The van der Waals surface area contributed by atoms with Gasteiger partial charge in [-0.2, -0.15) is 9.97 Å². The number of rotatable bonds is 3. The predicted octanol–water partition coefficient (Wildman–Crippen LogP) is 1.63. The molecule has 19 heavy (non-hydrogen) atoms. The minimum Gasteiger partial charge on any atom is -0.467 e. The Morgan fingerprint density at radius 1 is 1.00 bits per heavy atom. The van der Waals surface area contributed by atoms with E-state index in [2.05, 4.69) is 19.9 Å². The highest BCUT2D eigenvalue weighted by Gasteiger charge is 2.41. The van der Waals surface area contributed by atoms with E-state index in [1.165, 1.54) is 14.2 Å². The molecular formula is C12H17ClN4O2. The molecule has 0 spiro atoms. The van der Waals surface area contributed by atoms with Crippen LogP contribution in [0, 0.1) is 0 Å². The van der Waals surface area contributed by atoms with Gasteiger partial charge in [-0.05, 0) is 25.7 Å². The molecule has 2 unspecified atom stereocenters. The maximum absolute atomic E-state index is 6.29. The number of hydrogen-bond donors (Lipinski definition) is 0. The molecule has 0 aliphatic carbocycles. The van der Waals surface area contributed by atoms with Crippen LogP contribution in [0.5, 0.6) is 12.0 Å². The number of methoxy groups -OCH3 is 2. The zero-order chi connectivity index (χ0) is 13.4. The molecule has 0 N–H and O–H groups in total. The van der Waals surface area contributed by atoms with Crippen molar-refractivity contribution < 1.29 is 9.47 Å². The Bertz CT molecular complexity index is 437. The fourth-order valence-corrected chi connectivity index (χ4v) is 3.47. The maximum Gasteiger partial charge on any atom is 0.324 e. The third-order valence-corrected chi connectivity index (χ3v) is 4.21. The lowest BCUT2D eigenvalue weighted by atomic mass is 10.0. The van der Waals surface area contributed by atoms with Gasteiger partial charge >= 0.3 is 12.0 Å². The number of nitrogens with zero attached hydrogens (tertiary/aromatic N) is 4. The fraction of sp³-hybridized carbons (Fsp3) is 0.750. The van der Waals surface area contributed by atoms with E-state index in [1.807, 2.05) is 0 Å². The average Bonchev–Trinajstić information content (AvgIpc) is 2.70. The Hall–Kier alpha value is -1.30. The molecule has 0 aromatic carbocycles. The van der Waals surface area contributed by atoms with Crippen LogP contribution in [0.15, 0.2) is 0 Å². The first kappa shape index (κ1) is 12.7. The molecule has 7 heteroatoms. The Morgan fingerprint density at radius 3 is 2.00 bits per heavy atom. The van der Waals surface area contributed by atoms with E-state index in [1.54, 1.807) is 0 Å². The van der Waals surface area contributed by atoms with Gasteiger partial charge in [0, 0.05) is 17.5 Å². The average molecular weight is 285 g/mol. The van der Waals surface area contributed by atoms with Gasteiger partial charge in [0.1, 0.15) is 0 Å². The van der Waals surface area contributed by atoms with Gasteiger partial charge in [-0.3, -0.25) is 0 Å². The second kappa shape index (κ2) is 5.00. The molecule has 0 saturated carbocycles. The summed E-state index contributed by atoms with van der Waals surface area (Å²) < 4.78 is 10.2. The van der Waals surface area contributed by atoms with Crippen molar-refractivity contribution >= 4 is 17.5 Å². The highest BCUT2D eigenvalue weighted by atomic mass is 35.5. The summed E-state index contributed by atoms with van der Waals surface area (Å²) in [5, 5.41) is 0.263. The Balaban J connectivity index is 1.94. The number of halogens is 1. The molecule has 2 saturated heterocycles. The summed E-state index contributed by atoms with van der Waals surface area (Å²) in [5.74, 6) is 0.639. The van der Waals surface area contributed by atoms with Gasteiger partial charge in [-0.15, -0.1) is 16.6 Å². The monoisotopic (exact) mass is 284 g/mol. The lowest BCUT2D eigenvalue weighted by molar-refractivity contribution is 0.337. The molecule has 2 aliphatic rings. The van der Waals surface area contributed by atoms with Gasteiger partial charge < -0.3 is 14.4 Å². The SMILES string of the molecule is COc1nc(OC)nc(N2C3CCC2CC(Cl)C3)n1. The zero-order valence-corrected chi connectivity index (χ0v) is 11.8. The molecule has 0 amide bonds. The molecule has 6 nitrogen and oxygen atoms in total. The van der Waals surface area contributed by atoms with E-state index in [-0.39, 0.29) is 17.4 Å². The Kier molecular flexibility index (Phi) is 3.35. The van der Waals surface area contributed by atoms with E-state index in [9.17, 15) is 0 Å². The molecule has 1 aromatic heterocycles. The van der Waals surface area contributed by atoms with Gasteiger partial charge in [0.2, 0.25) is 5.95 Å². The predicted molar refractivity (Wildman–Crippen MR) is 71.1 cm³/mol. The Morgan fingerprint density at radius 2 is 1.53 bits per heavy atom. The highest BCUT2D eigenvalue weighted by molar-refractivity contribution is 6.20. The summed E-state index contributed by atoms with van der Waals surface area (Å²) in [6, 6.07) is 1.40. The maximum atomic E-state index is 6.29. The number of anilines is 1. The fourth-order valence-electron chi connectivity index (χ4n) is 3.06. The van der Waals surface area contributed by atoms with E-state index in [0.29, 0.717) is 18.0 Å². The Labute approximate surface area is 117 Å². The van der Waals surface area contributed by atoms with Crippen molar-refractivity contribution in [1.82, 2.24) is 15.0 Å². The zero-order valence-electron chi connectivity index (χ0n) is 11.0. The van der Waals surface area contributed by atoms with Crippen LogP contribution in [0.2, 0.25) is 0 Å². The van der Waals surface area contributed by atoms with E-state index in [4.69, 9.17) is 21.1 Å². The van der Waals surface area contributed by atoms with Crippen molar-refractivity contribution in [2.24, 2.45) is 0 Å². The van der Waals surface area contributed by atoms with Gasteiger partial charge in [0.05, 0.1) is 14.2 Å². The summed E-state index contributed by atoms with van der Waals surface area (Å²) in [6.07, 6.45) is 4.25. The summed E-state index contributed by atoms with van der Waals surface area (Å²) in [4.78, 5) is 15.0. The van der Waals surface area contributed by atoms with Crippen LogP contribution < -0.4 is 14.4 Å². The van der Waals surface area contributed by atoms with Gasteiger partial charge in [-0.25, -0.2) is 0 Å². The van der Waals surface area contributed by atoms with Crippen LogP contribution >= 0.6 is 11.6 Å². The van der Waals surface area contributed by atoms with Crippen molar-refractivity contribution in [2.45, 2.75) is 43.1 Å². The van der Waals surface area contributed by atoms with Gasteiger partial charge in [0.25, 0.3) is 0 Å². The van der Waals surface area contributed by atoms with Crippen molar-refractivity contribution in [2.75, 3.05) is 19.1 Å². The van der Waals surface area contributed by atoms with Crippen molar-refractivity contribution in [1.29, 1.82) is 0 Å². The van der Waals surface area contributed by atoms with E-state index in [0.717, 1.165) is 25.7 Å². The molecule has 2 atom stereocenters. The minimum absolute atomic E-state index is 0.263. The minimum atomic E-state index is 0.263. The van der Waals surface area contributed by atoms with Gasteiger partial charge in [-0.1, -0.05) is 0 Å². The number of fused-ring (bicyclic) bond motifs is 2. The van der Waals surface area contributed by atoms with Crippen LogP contribution in [0.25, 0.3) is 0 Å². The summed E-state index contributed by atoms with van der Waals surface area (Å²) in [5.41, 5.74) is 0. The number of aromatic nitrogens is 3. The van der Waals surface area contributed by atoms with Crippen molar-refractivity contribution in [3.63, 3.8) is 0 Å². The molecule has 3 rings (SSSR count). The van der Waals surface area contributed by atoms with Gasteiger partial charge in [0.15, 0.2) is 0 Å². The first-order valence-electron chi connectivity index (χ1n) is 6.47. The van der Waals surface area contributed by atoms with Crippen molar-refractivity contribution in [3.8, 4) is 12.0 Å². The third-order valence-electron chi connectivity index (χ3n) is 3.85. The lowest BCUT2D eigenvalue weighted by Gasteiger charge is -2.36. The lowest BCUT2D eigenvalue weighted by Crippen LogP contribution is -2.44. The second-order valence-electron chi connectivity index (χ2n) is 4.97. The standard InChI is InChI=1S/C12H17ClN4O2/c1-18-11-14-10(15-12(16-11)19-2)17-8-3-4-9(17)6-7(13)5-8/h7-9H,3-6H2,1-2H3. The van der Waals surface area contributed by atoms with E-state index >= 15 is 0 Å². The molecular weight excluding hydrogens is 268 g/mol. The first-order chi connectivity index (χ1) is 9.21. The normalized spacial score (nSPS) is 29.4. The smallest absolute Gasteiger partial charge is 0.324 e. The number of hydrogen-bond acceptors (Lipinski definition) is 6. The first-order valence-corrected chi connectivity index (χ1v) is 6.91. The number of ether oxygens (including phenoxy) is 2. The molecule has 2 bridgehead atoms. The third kappa shape index (κ3) is 2.29. The quantitative estimate of drug-likeness (QED) is 0.786. The van der Waals surface area contributed by atoms with Crippen LogP contribution in [-0.4, -0.2) is 46.6 Å². The number of piperidine rings is 1. The second-order valence-corrected chi connectivity index (χ2v) is 5.59. The van der Waals surface area contributed by atoms with Crippen LogP contribution in [0.3, 0.4) is 0 Å². The topological polar surface area (TPSA) is 60.4 Å². The molecule has 3 heterocycles. The van der Waals surface area contributed by atoms with E-state index < -0.39 is 0 Å². The highest BCUT2D eigenvalue weighted by Crippen LogP contribution is 2.40. The molecule has 1 aromatic rings. The number of alkyl halides is 1. The molecule has 2 fully saturated rings. The van der Waals surface area contributed by atoms with Crippen LogP contribution in [0.4, 0.5) is 5.95 Å². The summed E-state index contributed by atoms with van der Waals surface area (Å²) in [7, 11) is 3.08. The molecule has 0 radical (unpaired) electrons. The summed E-state index contributed by atoms with van der Waals surface area (Å²) >= 11 is 6.29. The molecule has 2 aliphatic heterocycles. The van der Waals surface area contributed by atoms with Crippen LogP contribution in [-0.2, 0) is 0 Å². The summed E-state index contributed by atoms with van der Waals surface area (Å²) in [6.45, 7) is 0. The van der Waals surface area contributed by atoms with Crippen LogP contribution in [0.1, 0.15) is 25.7 Å². The van der Waals surface area contributed by atoms with Crippen molar-refractivity contribution in [3.05, 3.63) is 0 Å². The largest absolute Gasteiger partial charge is 0.467 e.